The van der Waals surface area contributed by atoms with Crippen LogP contribution in [0.25, 0.3) is 0 Å². The van der Waals surface area contributed by atoms with Crippen LogP contribution in [0.15, 0.2) is 25.7 Å². The van der Waals surface area contributed by atoms with E-state index in [-0.39, 0.29) is 6.35 Å². The topological polar surface area (TPSA) is 88.1 Å². The van der Waals surface area contributed by atoms with Gasteiger partial charge in [0.25, 0.3) is 6.35 Å². The van der Waals surface area contributed by atoms with Gasteiger partial charge >= 0.3 is 20.0 Å². The molecule has 0 radical (unpaired) electrons. The fraction of sp³-hybridized carbons (Fsp3) is 0.400. The quantitative estimate of drug-likeness (QED) is 0.358. The predicted octanol–water partition coefficient (Wildman–Crippen LogP) is 1.48. The van der Waals surface area contributed by atoms with E-state index in [0.29, 0.717) is 0 Å². The molecular formula is C10H14O7P+. The average Bonchev–Trinajstić information content (AvgIpc) is 2.29. The maximum Gasteiger partial charge on any atom is 0.537 e. The van der Waals surface area contributed by atoms with E-state index >= 15 is 0 Å². The van der Waals surface area contributed by atoms with Gasteiger partial charge in [0.2, 0.25) is 6.10 Å². The maximum absolute atomic E-state index is 11.4. The van der Waals surface area contributed by atoms with Gasteiger partial charge in [-0.15, -0.1) is 4.52 Å². The third-order valence-electron chi connectivity index (χ3n) is 1.51. The van der Waals surface area contributed by atoms with Crippen molar-refractivity contribution in [2.45, 2.75) is 12.5 Å². The number of rotatable bonds is 9. The summed E-state index contributed by atoms with van der Waals surface area (Å²) in [5, 5.41) is 0. The zero-order chi connectivity index (χ0) is 14.0. The highest BCUT2D eigenvalue weighted by Gasteiger charge is 2.34. The number of carbonyl (C=O) groups excluding carboxylic acids is 2. The van der Waals surface area contributed by atoms with Crippen LogP contribution in [0.1, 0.15) is 6.42 Å². The minimum atomic E-state index is -2.24. The van der Waals surface area contributed by atoms with Gasteiger partial charge in [-0.1, -0.05) is 13.2 Å². The fourth-order valence-corrected chi connectivity index (χ4v) is 1.61. The van der Waals surface area contributed by atoms with Crippen molar-refractivity contribution in [3.63, 3.8) is 0 Å². The molecule has 0 spiro atoms. The van der Waals surface area contributed by atoms with Crippen LogP contribution in [-0.2, 0) is 32.9 Å². The van der Waals surface area contributed by atoms with E-state index in [1.165, 1.54) is 7.11 Å². The zero-order valence-electron chi connectivity index (χ0n) is 9.87. The van der Waals surface area contributed by atoms with E-state index < -0.39 is 32.5 Å². The van der Waals surface area contributed by atoms with Crippen LogP contribution >= 0.6 is 8.03 Å². The average molecular weight is 277 g/mol. The lowest BCUT2D eigenvalue weighted by Crippen LogP contribution is -2.26. The molecule has 0 rings (SSSR count). The lowest BCUT2D eigenvalue weighted by atomic mass is 10.2. The van der Waals surface area contributed by atoms with Gasteiger partial charge < -0.3 is 14.2 Å². The Morgan fingerprint density at radius 1 is 1.28 bits per heavy atom. The molecular weight excluding hydrogens is 263 g/mol. The second-order valence-electron chi connectivity index (χ2n) is 2.81. The third-order valence-corrected chi connectivity index (χ3v) is 2.47. The van der Waals surface area contributed by atoms with Crippen molar-refractivity contribution < 1.29 is 32.9 Å². The van der Waals surface area contributed by atoms with Crippen LogP contribution in [0.5, 0.6) is 0 Å². The van der Waals surface area contributed by atoms with Crippen molar-refractivity contribution in [2.24, 2.45) is 0 Å². The molecule has 0 saturated heterocycles. The van der Waals surface area contributed by atoms with E-state index in [9.17, 15) is 14.2 Å². The van der Waals surface area contributed by atoms with Gasteiger partial charge in [-0.3, -0.25) is 4.79 Å². The maximum atomic E-state index is 11.4. The SMILES string of the molecule is C=COC(=O)CC(O[P+](=O)COC)C(=O)OC=C. The highest BCUT2D eigenvalue weighted by molar-refractivity contribution is 7.38. The van der Waals surface area contributed by atoms with Crippen molar-refractivity contribution in [3.05, 3.63) is 25.7 Å². The molecule has 0 aliphatic carbocycles. The summed E-state index contributed by atoms with van der Waals surface area (Å²) in [4.78, 5) is 22.6. The van der Waals surface area contributed by atoms with Crippen LogP contribution in [0.3, 0.4) is 0 Å². The predicted molar refractivity (Wildman–Crippen MR) is 61.6 cm³/mol. The highest BCUT2D eigenvalue weighted by Crippen LogP contribution is 2.26. The van der Waals surface area contributed by atoms with Crippen LogP contribution in [0, 0.1) is 0 Å². The summed E-state index contributed by atoms with van der Waals surface area (Å²) in [5.74, 6) is -1.66. The van der Waals surface area contributed by atoms with Crippen molar-refractivity contribution in [1.82, 2.24) is 0 Å². The molecule has 2 unspecified atom stereocenters. The minimum Gasteiger partial charge on any atom is -0.435 e. The lowest BCUT2D eigenvalue weighted by molar-refractivity contribution is -0.152. The van der Waals surface area contributed by atoms with Crippen LogP contribution in [-0.4, -0.2) is 31.5 Å². The Morgan fingerprint density at radius 2 is 1.89 bits per heavy atom. The number of hydrogen-bond acceptors (Lipinski definition) is 7. The molecule has 2 atom stereocenters. The molecule has 0 aliphatic heterocycles. The first-order chi connectivity index (χ1) is 8.54. The molecule has 0 aromatic heterocycles. The molecule has 0 aromatic carbocycles. The van der Waals surface area contributed by atoms with E-state index in [1.807, 2.05) is 0 Å². The molecule has 100 valence electrons. The molecule has 0 aliphatic rings. The number of ether oxygens (including phenoxy) is 3. The third kappa shape index (κ3) is 6.90. The second kappa shape index (κ2) is 9.47. The van der Waals surface area contributed by atoms with Gasteiger partial charge in [-0.25, -0.2) is 4.79 Å². The van der Waals surface area contributed by atoms with Crippen molar-refractivity contribution >= 4 is 20.0 Å². The molecule has 8 heteroatoms. The first-order valence-electron chi connectivity index (χ1n) is 4.77. The van der Waals surface area contributed by atoms with Gasteiger partial charge in [0, 0.05) is 7.11 Å². The first kappa shape index (κ1) is 16.4. The van der Waals surface area contributed by atoms with Crippen molar-refractivity contribution in [1.29, 1.82) is 0 Å². The standard InChI is InChI=1S/C10H14O7P/c1-4-15-9(11)6-8(10(12)16-5-2)17-18(13)7-14-3/h4-5,8H,1-2,6-7H2,3H3/q+1. The fourth-order valence-electron chi connectivity index (χ4n) is 0.892. The van der Waals surface area contributed by atoms with Gasteiger partial charge in [0.05, 0.1) is 18.9 Å². The molecule has 0 fully saturated rings. The van der Waals surface area contributed by atoms with Gasteiger partial charge in [-0.05, 0) is 4.57 Å². The summed E-state index contributed by atoms with van der Waals surface area (Å²) in [6.45, 7) is 6.37. The summed E-state index contributed by atoms with van der Waals surface area (Å²) in [6.07, 6.45) is -0.226. The number of hydrogen-bond donors (Lipinski definition) is 0. The van der Waals surface area contributed by atoms with Gasteiger partial charge in [0.1, 0.15) is 0 Å². The molecule has 7 nitrogen and oxygen atoms in total. The van der Waals surface area contributed by atoms with Crippen LogP contribution in [0.4, 0.5) is 0 Å². The number of methoxy groups -OCH3 is 1. The van der Waals surface area contributed by atoms with E-state index in [4.69, 9.17) is 4.52 Å². The van der Waals surface area contributed by atoms with Crippen LogP contribution in [0.2, 0.25) is 0 Å². The lowest BCUT2D eigenvalue weighted by Gasteiger charge is -2.07. The summed E-state index contributed by atoms with van der Waals surface area (Å²) in [6, 6.07) is 0. The largest absolute Gasteiger partial charge is 0.537 e. The normalized spacial score (nSPS) is 12.2. The van der Waals surface area contributed by atoms with E-state index in [0.717, 1.165) is 12.5 Å². The molecule has 0 heterocycles. The molecule has 0 bridgehead atoms. The monoisotopic (exact) mass is 277 g/mol. The molecule has 0 N–H and O–H groups in total. The Balaban J connectivity index is 4.55. The zero-order valence-corrected chi connectivity index (χ0v) is 10.8. The molecule has 0 aromatic rings. The first-order valence-corrected chi connectivity index (χ1v) is 6.13. The Kier molecular flexibility index (Phi) is 8.65. The molecule has 0 amide bonds. The highest BCUT2D eigenvalue weighted by atomic mass is 31.1. The Bertz CT molecular complexity index is 339. The molecule has 0 saturated carbocycles. The smallest absolute Gasteiger partial charge is 0.435 e. The van der Waals surface area contributed by atoms with Gasteiger partial charge in [0.15, 0.2) is 0 Å². The number of esters is 2. The summed E-state index contributed by atoms with van der Waals surface area (Å²) in [5.41, 5.74) is 0. The number of carbonyl (C=O) groups is 2. The Hall–Kier alpha value is -1.56. The summed E-state index contributed by atoms with van der Waals surface area (Å²) < 4.78 is 29.6. The Morgan fingerprint density at radius 3 is 2.39 bits per heavy atom. The van der Waals surface area contributed by atoms with E-state index in [1.54, 1.807) is 0 Å². The van der Waals surface area contributed by atoms with Crippen LogP contribution < -0.4 is 0 Å². The van der Waals surface area contributed by atoms with E-state index in [2.05, 4.69) is 27.4 Å². The minimum absolute atomic E-state index is 0.205. The van der Waals surface area contributed by atoms with Gasteiger partial charge in [-0.2, -0.15) is 0 Å². The van der Waals surface area contributed by atoms with Crippen molar-refractivity contribution in [3.8, 4) is 0 Å². The summed E-state index contributed by atoms with van der Waals surface area (Å²) in [7, 11) is -0.925. The van der Waals surface area contributed by atoms with Crippen molar-refractivity contribution in [2.75, 3.05) is 13.5 Å². The Labute approximate surface area is 105 Å². The summed E-state index contributed by atoms with van der Waals surface area (Å²) >= 11 is 0. The molecule has 18 heavy (non-hydrogen) atoms. The second-order valence-corrected chi connectivity index (χ2v) is 3.94.